The van der Waals surface area contributed by atoms with E-state index in [2.05, 4.69) is 5.32 Å². The van der Waals surface area contributed by atoms with Crippen LogP contribution < -0.4 is 5.32 Å². The van der Waals surface area contributed by atoms with Crippen molar-refractivity contribution >= 4 is 17.8 Å². The first-order chi connectivity index (χ1) is 18.4. The second-order valence-electron chi connectivity index (χ2n) is 8.76. The van der Waals surface area contributed by atoms with Crippen LogP contribution in [0, 0.1) is 0 Å². The summed E-state index contributed by atoms with van der Waals surface area (Å²) in [5, 5.41) is 13.9. The average Bonchev–Trinajstić information content (AvgIpc) is 2.95. The van der Waals surface area contributed by atoms with E-state index < -0.39 is 48.5 Å². The summed E-state index contributed by atoms with van der Waals surface area (Å²) in [6.07, 6.45) is -4.94. The van der Waals surface area contributed by atoms with E-state index in [0.717, 1.165) is 5.56 Å². The monoisotopic (exact) mass is 519 g/mol. The van der Waals surface area contributed by atoms with Gasteiger partial charge >= 0.3 is 11.9 Å². The van der Waals surface area contributed by atoms with Gasteiger partial charge in [0, 0.05) is 6.92 Å². The molecular weight excluding hydrogens is 490 g/mol. The zero-order valence-electron chi connectivity index (χ0n) is 20.8. The first-order valence-corrected chi connectivity index (χ1v) is 12.2. The van der Waals surface area contributed by atoms with Gasteiger partial charge in [-0.25, -0.2) is 9.59 Å². The van der Waals surface area contributed by atoms with E-state index in [-0.39, 0.29) is 18.8 Å². The van der Waals surface area contributed by atoms with E-state index >= 15 is 0 Å². The van der Waals surface area contributed by atoms with Crippen LogP contribution in [-0.4, -0.2) is 60.2 Å². The van der Waals surface area contributed by atoms with Crippen LogP contribution in [0.25, 0.3) is 0 Å². The lowest BCUT2D eigenvalue weighted by atomic mass is 9.96. The number of ether oxygens (including phenoxy) is 4. The number of aliphatic hydroxyl groups excluding tert-OH is 1. The van der Waals surface area contributed by atoms with Gasteiger partial charge in [-0.2, -0.15) is 0 Å². The number of amides is 1. The molecule has 0 aliphatic carbocycles. The molecule has 38 heavy (non-hydrogen) atoms. The molecule has 0 radical (unpaired) electrons. The Morgan fingerprint density at radius 2 is 1.39 bits per heavy atom. The third-order valence-corrected chi connectivity index (χ3v) is 5.94. The SMILES string of the molecule is CC(=O)NC1C(OCc2ccccc2)OC(COC(=O)c2ccccc2)C(O)C1OC(=O)c1ccccc1. The van der Waals surface area contributed by atoms with Gasteiger partial charge in [0.05, 0.1) is 17.7 Å². The molecule has 2 N–H and O–H groups in total. The molecule has 0 aromatic heterocycles. The zero-order chi connectivity index (χ0) is 26.9. The van der Waals surface area contributed by atoms with Crippen molar-refractivity contribution in [3.8, 4) is 0 Å². The molecule has 1 aliphatic rings. The van der Waals surface area contributed by atoms with Gasteiger partial charge in [0.25, 0.3) is 0 Å². The maximum atomic E-state index is 12.9. The van der Waals surface area contributed by atoms with E-state index in [1.165, 1.54) is 6.92 Å². The molecule has 1 heterocycles. The van der Waals surface area contributed by atoms with Crippen LogP contribution in [0.5, 0.6) is 0 Å². The van der Waals surface area contributed by atoms with E-state index in [1.54, 1.807) is 60.7 Å². The molecule has 1 amide bonds. The number of carbonyl (C=O) groups excluding carboxylic acids is 3. The molecule has 0 saturated carbocycles. The average molecular weight is 520 g/mol. The largest absolute Gasteiger partial charge is 0.459 e. The topological polar surface area (TPSA) is 120 Å². The second-order valence-corrected chi connectivity index (χ2v) is 8.76. The summed E-state index contributed by atoms with van der Waals surface area (Å²) in [6, 6.07) is 24.9. The summed E-state index contributed by atoms with van der Waals surface area (Å²) in [7, 11) is 0. The van der Waals surface area contributed by atoms with Crippen molar-refractivity contribution in [1.29, 1.82) is 0 Å². The molecule has 3 aromatic rings. The summed E-state index contributed by atoms with van der Waals surface area (Å²) in [6.45, 7) is 1.07. The van der Waals surface area contributed by atoms with Crippen molar-refractivity contribution in [2.24, 2.45) is 0 Å². The van der Waals surface area contributed by atoms with Crippen molar-refractivity contribution in [1.82, 2.24) is 5.32 Å². The molecule has 5 unspecified atom stereocenters. The number of hydrogen-bond donors (Lipinski definition) is 2. The van der Waals surface area contributed by atoms with Crippen molar-refractivity contribution < 1.29 is 38.4 Å². The van der Waals surface area contributed by atoms with Gasteiger partial charge < -0.3 is 29.4 Å². The molecule has 3 aromatic carbocycles. The fourth-order valence-corrected chi connectivity index (χ4v) is 4.06. The minimum absolute atomic E-state index is 0.119. The highest BCUT2D eigenvalue weighted by Crippen LogP contribution is 2.27. The van der Waals surface area contributed by atoms with Gasteiger partial charge in [0.2, 0.25) is 5.91 Å². The normalized spacial score (nSPS) is 22.7. The van der Waals surface area contributed by atoms with Crippen LogP contribution in [0.1, 0.15) is 33.2 Å². The summed E-state index contributed by atoms with van der Waals surface area (Å²) < 4.78 is 23.1. The Morgan fingerprint density at radius 3 is 1.97 bits per heavy atom. The van der Waals surface area contributed by atoms with Gasteiger partial charge in [0.1, 0.15) is 24.9 Å². The molecule has 4 rings (SSSR count). The van der Waals surface area contributed by atoms with Gasteiger partial charge in [-0.05, 0) is 29.8 Å². The minimum Gasteiger partial charge on any atom is -0.459 e. The Balaban J connectivity index is 1.56. The van der Waals surface area contributed by atoms with Gasteiger partial charge in [0.15, 0.2) is 12.4 Å². The standard InChI is InChI=1S/C29H29NO8/c1-19(31)30-24-26(38-28(34)22-15-9-4-10-16-22)25(32)23(18-35-27(33)21-13-7-3-8-14-21)37-29(24)36-17-20-11-5-2-6-12-20/h2-16,23-26,29,32H,17-18H2,1H3,(H,30,31). The van der Waals surface area contributed by atoms with Crippen LogP contribution >= 0.6 is 0 Å². The van der Waals surface area contributed by atoms with Crippen molar-refractivity contribution in [2.45, 2.75) is 44.2 Å². The molecule has 1 saturated heterocycles. The molecule has 5 atom stereocenters. The smallest absolute Gasteiger partial charge is 0.338 e. The predicted molar refractivity (Wildman–Crippen MR) is 136 cm³/mol. The van der Waals surface area contributed by atoms with Gasteiger partial charge in [-0.3, -0.25) is 4.79 Å². The molecule has 0 bridgehead atoms. The number of benzene rings is 3. The van der Waals surface area contributed by atoms with Crippen LogP contribution in [0.2, 0.25) is 0 Å². The fraction of sp³-hybridized carbons (Fsp3) is 0.276. The Hall–Kier alpha value is -4.05. The van der Waals surface area contributed by atoms with Crippen LogP contribution in [0.3, 0.4) is 0 Å². The number of carbonyl (C=O) groups is 3. The number of hydrogen-bond acceptors (Lipinski definition) is 8. The number of rotatable bonds is 9. The second kappa shape index (κ2) is 13.0. The number of nitrogens with one attached hydrogen (secondary N) is 1. The van der Waals surface area contributed by atoms with Crippen molar-refractivity contribution in [3.05, 3.63) is 108 Å². The minimum atomic E-state index is -1.44. The van der Waals surface area contributed by atoms with E-state index in [0.29, 0.717) is 5.56 Å². The molecule has 198 valence electrons. The summed E-state index contributed by atoms with van der Waals surface area (Å²) >= 11 is 0. The highest BCUT2D eigenvalue weighted by atomic mass is 16.7. The van der Waals surface area contributed by atoms with Crippen LogP contribution in [-0.2, 0) is 30.3 Å². The lowest BCUT2D eigenvalue weighted by Gasteiger charge is -2.43. The Morgan fingerprint density at radius 1 is 0.842 bits per heavy atom. The Labute approximate surface area is 220 Å². The zero-order valence-corrected chi connectivity index (χ0v) is 20.8. The summed E-state index contributed by atoms with van der Waals surface area (Å²) in [4.78, 5) is 37.5. The highest BCUT2D eigenvalue weighted by Gasteiger charge is 2.49. The Kier molecular flexibility index (Phi) is 9.21. The summed E-state index contributed by atoms with van der Waals surface area (Å²) in [5.41, 5.74) is 1.44. The molecule has 9 nitrogen and oxygen atoms in total. The summed E-state index contributed by atoms with van der Waals surface area (Å²) in [5.74, 6) is -1.74. The third kappa shape index (κ3) is 7.04. The van der Waals surface area contributed by atoms with Crippen LogP contribution in [0.4, 0.5) is 0 Å². The number of esters is 2. The molecule has 1 aliphatic heterocycles. The van der Waals surface area contributed by atoms with Crippen molar-refractivity contribution in [3.63, 3.8) is 0 Å². The van der Waals surface area contributed by atoms with E-state index in [9.17, 15) is 19.5 Å². The predicted octanol–water partition coefficient (Wildman–Crippen LogP) is 2.88. The molecule has 1 fully saturated rings. The Bertz CT molecular complexity index is 1210. The first-order valence-electron chi connectivity index (χ1n) is 12.2. The van der Waals surface area contributed by atoms with Gasteiger partial charge in [-0.15, -0.1) is 0 Å². The first kappa shape index (κ1) is 27.0. The van der Waals surface area contributed by atoms with Crippen molar-refractivity contribution in [2.75, 3.05) is 6.61 Å². The number of aliphatic hydroxyl groups is 1. The van der Waals surface area contributed by atoms with E-state index in [4.69, 9.17) is 18.9 Å². The molecule has 0 spiro atoms. The quantitative estimate of drug-likeness (QED) is 0.414. The lowest BCUT2D eigenvalue weighted by molar-refractivity contribution is -0.272. The van der Waals surface area contributed by atoms with Crippen LogP contribution in [0.15, 0.2) is 91.0 Å². The highest BCUT2D eigenvalue weighted by molar-refractivity contribution is 5.90. The maximum absolute atomic E-state index is 12.9. The van der Waals surface area contributed by atoms with Gasteiger partial charge in [-0.1, -0.05) is 66.7 Å². The molecule has 9 heteroatoms. The lowest BCUT2D eigenvalue weighted by Crippen LogP contribution is -2.65. The van der Waals surface area contributed by atoms with E-state index in [1.807, 2.05) is 30.3 Å². The third-order valence-electron chi connectivity index (χ3n) is 5.94. The molecular formula is C29H29NO8. The fourth-order valence-electron chi connectivity index (χ4n) is 4.06. The maximum Gasteiger partial charge on any atom is 0.338 e.